The van der Waals surface area contributed by atoms with Crippen LogP contribution in [0.5, 0.6) is 0 Å². The molecule has 1 N–H and O–H groups in total. The van der Waals surface area contributed by atoms with Crippen LogP contribution in [0.2, 0.25) is 0 Å². The number of nitrogens with one attached hydrogen (secondary N) is 1. The maximum atomic E-state index is 12.3. The van der Waals surface area contributed by atoms with E-state index in [9.17, 15) is 4.79 Å². The van der Waals surface area contributed by atoms with Gasteiger partial charge in [-0.25, -0.2) is 4.98 Å². The molecule has 1 atom stereocenters. The van der Waals surface area contributed by atoms with Crippen molar-refractivity contribution in [3.8, 4) is 0 Å². The van der Waals surface area contributed by atoms with E-state index in [4.69, 9.17) is 0 Å². The molecule has 1 heterocycles. The van der Waals surface area contributed by atoms with Crippen molar-refractivity contribution in [1.29, 1.82) is 0 Å². The summed E-state index contributed by atoms with van der Waals surface area (Å²) in [5, 5.41) is 3.00. The molecule has 2 aliphatic carbocycles. The van der Waals surface area contributed by atoms with E-state index >= 15 is 0 Å². The highest BCUT2D eigenvalue weighted by molar-refractivity contribution is 5.92. The highest BCUT2D eigenvalue weighted by Crippen LogP contribution is 2.41. The number of carbonyl (C=O) groups is 1. The Morgan fingerprint density at radius 3 is 2.58 bits per heavy atom. The average Bonchev–Trinajstić information content (AvgIpc) is 3.13. The summed E-state index contributed by atoms with van der Waals surface area (Å²) < 4.78 is 0. The third-order valence-electron chi connectivity index (χ3n) is 4.45. The Hall–Kier alpha value is -1.45. The zero-order valence-electron chi connectivity index (χ0n) is 11.4. The molecule has 0 aliphatic heterocycles. The molecule has 0 bridgehead atoms. The normalized spacial score (nSPS) is 21.3. The molecule has 4 nitrogen and oxygen atoms in total. The Bertz CT molecular complexity index is 464. The predicted octanol–water partition coefficient (Wildman–Crippen LogP) is 3.12. The van der Waals surface area contributed by atoms with E-state index < -0.39 is 0 Å². The van der Waals surface area contributed by atoms with Crippen molar-refractivity contribution in [2.24, 2.45) is 11.8 Å². The lowest BCUT2D eigenvalue weighted by atomic mass is 9.92. The second-order valence-corrected chi connectivity index (χ2v) is 5.89. The Labute approximate surface area is 114 Å². The van der Waals surface area contributed by atoms with Crippen LogP contribution in [-0.2, 0) is 4.79 Å². The molecule has 0 aromatic carbocycles. The van der Waals surface area contributed by atoms with Crippen LogP contribution in [0.3, 0.4) is 0 Å². The molecule has 0 saturated heterocycles. The first-order valence-corrected chi connectivity index (χ1v) is 7.37. The fraction of sp³-hybridized carbons (Fsp3) is 0.667. The molecule has 2 saturated carbocycles. The van der Waals surface area contributed by atoms with Gasteiger partial charge in [0.05, 0.1) is 5.69 Å². The molecule has 19 heavy (non-hydrogen) atoms. The summed E-state index contributed by atoms with van der Waals surface area (Å²) in [4.78, 5) is 21.0. The minimum absolute atomic E-state index is 0.0801. The Kier molecular flexibility index (Phi) is 3.49. The molecule has 1 unspecified atom stereocenters. The number of nitrogens with zero attached hydrogens (tertiary/aromatic N) is 2. The molecule has 2 fully saturated rings. The van der Waals surface area contributed by atoms with Crippen LogP contribution in [-0.4, -0.2) is 15.9 Å². The number of rotatable bonds is 4. The number of aromatic nitrogens is 2. The SMILES string of the molecule is CC(C(=O)Nc1nccnc1C1CC1)C1CCCC1. The molecule has 1 amide bonds. The van der Waals surface area contributed by atoms with Gasteiger partial charge in [-0.1, -0.05) is 19.8 Å². The van der Waals surface area contributed by atoms with E-state index in [2.05, 4.69) is 15.3 Å². The maximum absolute atomic E-state index is 12.3. The van der Waals surface area contributed by atoms with Gasteiger partial charge in [0.1, 0.15) is 0 Å². The van der Waals surface area contributed by atoms with Gasteiger partial charge < -0.3 is 5.32 Å². The number of anilines is 1. The van der Waals surface area contributed by atoms with Gasteiger partial charge in [-0.05, 0) is 31.6 Å². The highest BCUT2D eigenvalue weighted by atomic mass is 16.1. The lowest BCUT2D eigenvalue weighted by Gasteiger charge is -2.18. The molecule has 3 rings (SSSR count). The van der Waals surface area contributed by atoms with Crippen LogP contribution in [0.25, 0.3) is 0 Å². The molecule has 102 valence electrons. The van der Waals surface area contributed by atoms with Gasteiger partial charge in [-0.15, -0.1) is 0 Å². The lowest BCUT2D eigenvalue weighted by molar-refractivity contribution is -0.120. The Balaban J connectivity index is 1.68. The molecular weight excluding hydrogens is 238 g/mol. The van der Waals surface area contributed by atoms with Crippen LogP contribution in [0.1, 0.15) is 57.1 Å². The van der Waals surface area contributed by atoms with Gasteiger partial charge >= 0.3 is 0 Å². The van der Waals surface area contributed by atoms with E-state index in [1.54, 1.807) is 12.4 Å². The largest absolute Gasteiger partial charge is 0.309 e. The number of hydrogen-bond acceptors (Lipinski definition) is 3. The van der Waals surface area contributed by atoms with Gasteiger partial charge in [0.2, 0.25) is 5.91 Å². The second-order valence-electron chi connectivity index (χ2n) is 5.89. The zero-order valence-corrected chi connectivity index (χ0v) is 11.4. The second kappa shape index (κ2) is 5.27. The van der Waals surface area contributed by atoms with Crippen molar-refractivity contribution in [3.63, 3.8) is 0 Å². The maximum Gasteiger partial charge on any atom is 0.228 e. The summed E-state index contributed by atoms with van der Waals surface area (Å²) >= 11 is 0. The fourth-order valence-electron chi connectivity index (χ4n) is 3.00. The summed E-state index contributed by atoms with van der Waals surface area (Å²) in [6.07, 6.45) is 10.6. The molecule has 4 heteroatoms. The molecule has 0 spiro atoms. The zero-order chi connectivity index (χ0) is 13.2. The smallest absolute Gasteiger partial charge is 0.228 e. The standard InChI is InChI=1S/C15H21N3O/c1-10(11-4-2-3-5-11)15(19)18-14-13(12-6-7-12)16-8-9-17-14/h8-12H,2-7H2,1H3,(H,17,18,19). The molecule has 1 aromatic rings. The van der Waals surface area contributed by atoms with Gasteiger partial charge in [0.15, 0.2) is 5.82 Å². The first-order valence-electron chi connectivity index (χ1n) is 7.37. The van der Waals surface area contributed by atoms with Crippen LogP contribution in [0.4, 0.5) is 5.82 Å². The first kappa shape index (κ1) is 12.6. The van der Waals surface area contributed by atoms with Gasteiger partial charge in [-0.3, -0.25) is 9.78 Å². The van der Waals surface area contributed by atoms with Crippen molar-refractivity contribution >= 4 is 11.7 Å². The lowest BCUT2D eigenvalue weighted by Crippen LogP contribution is -2.26. The van der Waals surface area contributed by atoms with E-state index in [1.165, 1.54) is 38.5 Å². The first-order chi connectivity index (χ1) is 9.25. The van der Waals surface area contributed by atoms with Gasteiger partial charge in [0.25, 0.3) is 0 Å². The Morgan fingerprint density at radius 2 is 1.89 bits per heavy atom. The summed E-state index contributed by atoms with van der Waals surface area (Å²) in [6, 6.07) is 0. The van der Waals surface area contributed by atoms with E-state index in [1.807, 2.05) is 6.92 Å². The Morgan fingerprint density at radius 1 is 1.21 bits per heavy atom. The minimum atomic E-state index is 0.0801. The third kappa shape index (κ3) is 2.77. The number of carbonyl (C=O) groups excluding carboxylic acids is 1. The summed E-state index contributed by atoms with van der Waals surface area (Å²) in [6.45, 7) is 2.04. The van der Waals surface area contributed by atoms with E-state index in [0.717, 1.165) is 5.69 Å². The summed E-state index contributed by atoms with van der Waals surface area (Å²) in [7, 11) is 0. The monoisotopic (exact) mass is 259 g/mol. The molecular formula is C15H21N3O. The van der Waals surface area contributed by atoms with Crippen molar-refractivity contribution in [3.05, 3.63) is 18.1 Å². The van der Waals surface area contributed by atoms with Crippen molar-refractivity contribution < 1.29 is 4.79 Å². The molecule has 2 aliphatic rings. The van der Waals surface area contributed by atoms with Crippen LogP contribution in [0.15, 0.2) is 12.4 Å². The predicted molar refractivity (Wildman–Crippen MR) is 73.8 cm³/mol. The van der Waals surface area contributed by atoms with Gasteiger partial charge in [0, 0.05) is 24.2 Å². The minimum Gasteiger partial charge on any atom is -0.309 e. The van der Waals surface area contributed by atoms with E-state index in [-0.39, 0.29) is 11.8 Å². The quantitative estimate of drug-likeness (QED) is 0.903. The van der Waals surface area contributed by atoms with Crippen molar-refractivity contribution in [2.45, 2.75) is 51.4 Å². The van der Waals surface area contributed by atoms with Crippen LogP contribution >= 0.6 is 0 Å². The number of hydrogen-bond donors (Lipinski definition) is 1. The van der Waals surface area contributed by atoms with E-state index in [0.29, 0.717) is 17.7 Å². The fourth-order valence-corrected chi connectivity index (χ4v) is 3.00. The molecule has 0 radical (unpaired) electrons. The average molecular weight is 259 g/mol. The topological polar surface area (TPSA) is 54.9 Å². The highest BCUT2D eigenvalue weighted by Gasteiger charge is 2.31. The third-order valence-corrected chi connectivity index (χ3v) is 4.45. The number of amides is 1. The van der Waals surface area contributed by atoms with Crippen LogP contribution in [0, 0.1) is 11.8 Å². The molecule has 1 aromatic heterocycles. The van der Waals surface area contributed by atoms with Crippen molar-refractivity contribution in [1.82, 2.24) is 9.97 Å². The summed E-state index contributed by atoms with van der Waals surface area (Å²) in [5.41, 5.74) is 0.967. The van der Waals surface area contributed by atoms with Crippen molar-refractivity contribution in [2.75, 3.05) is 5.32 Å². The van der Waals surface area contributed by atoms with Gasteiger partial charge in [-0.2, -0.15) is 0 Å². The summed E-state index contributed by atoms with van der Waals surface area (Å²) in [5.74, 6) is 1.91. The van der Waals surface area contributed by atoms with Crippen LogP contribution < -0.4 is 5.32 Å².